The van der Waals surface area contributed by atoms with E-state index in [1.165, 1.54) is 12.1 Å². The summed E-state index contributed by atoms with van der Waals surface area (Å²) in [7, 11) is 0. The third-order valence-corrected chi connectivity index (χ3v) is 2.49. The molecule has 0 spiro atoms. The van der Waals surface area contributed by atoms with E-state index in [-0.39, 0.29) is 6.42 Å². The SMILES string of the molecule is O=C(O)[C@@H]1CC(c2ccc(C(F)(F)F)cc2)=NO1. The van der Waals surface area contributed by atoms with Gasteiger partial charge >= 0.3 is 12.1 Å². The molecule has 1 atom stereocenters. The fourth-order valence-electron chi connectivity index (χ4n) is 1.53. The van der Waals surface area contributed by atoms with Gasteiger partial charge in [0, 0.05) is 6.42 Å². The van der Waals surface area contributed by atoms with E-state index in [4.69, 9.17) is 5.11 Å². The number of alkyl halides is 3. The number of carbonyl (C=O) groups is 1. The lowest BCUT2D eigenvalue weighted by molar-refractivity contribution is -0.148. The van der Waals surface area contributed by atoms with Crippen LogP contribution in [0.2, 0.25) is 0 Å². The summed E-state index contributed by atoms with van der Waals surface area (Å²) in [6.07, 6.45) is -5.42. The van der Waals surface area contributed by atoms with Crippen LogP contribution in [-0.2, 0) is 15.8 Å². The normalized spacial score (nSPS) is 19.3. The first kappa shape index (κ1) is 12.4. The molecule has 7 heteroatoms. The van der Waals surface area contributed by atoms with Crippen LogP contribution in [0.4, 0.5) is 13.2 Å². The zero-order valence-electron chi connectivity index (χ0n) is 8.94. The second-order valence-corrected chi connectivity index (χ2v) is 3.75. The molecule has 0 saturated carbocycles. The van der Waals surface area contributed by atoms with E-state index >= 15 is 0 Å². The van der Waals surface area contributed by atoms with Gasteiger partial charge in [-0.2, -0.15) is 13.2 Å². The van der Waals surface area contributed by atoms with Crippen molar-refractivity contribution in [2.45, 2.75) is 18.7 Å². The lowest BCUT2D eigenvalue weighted by Gasteiger charge is -2.06. The summed E-state index contributed by atoms with van der Waals surface area (Å²) >= 11 is 0. The van der Waals surface area contributed by atoms with Crippen LogP contribution in [0.3, 0.4) is 0 Å². The van der Waals surface area contributed by atoms with Gasteiger partial charge in [0.25, 0.3) is 0 Å². The Morgan fingerprint density at radius 3 is 2.39 bits per heavy atom. The number of hydrogen-bond donors (Lipinski definition) is 1. The first-order chi connectivity index (χ1) is 8.38. The van der Waals surface area contributed by atoms with E-state index in [0.29, 0.717) is 11.3 Å². The molecule has 0 bridgehead atoms. The number of benzene rings is 1. The van der Waals surface area contributed by atoms with E-state index in [2.05, 4.69) is 9.99 Å². The molecule has 1 aromatic carbocycles. The van der Waals surface area contributed by atoms with Crippen molar-refractivity contribution in [2.75, 3.05) is 0 Å². The van der Waals surface area contributed by atoms with Gasteiger partial charge in [0.15, 0.2) is 0 Å². The van der Waals surface area contributed by atoms with Crippen LogP contribution in [0.15, 0.2) is 29.4 Å². The number of carboxylic acids is 1. The van der Waals surface area contributed by atoms with Crippen LogP contribution in [0.5, 0.6) is 0 Å². The molecule has 96 valence electrons. The fraction of sp³-hybridized carbons (Fsp3) is 0.273. The van der Waals surface area contributed by atoms with Crippen molar-refractivity contribution in [3.8, 4) is 0 Å². The third kappa shape index (κ3) is 2.44. The molecule has 0 fully saturated rings. The largest absolute Gasteiger partial charge is 0.478 e. The first-order valence-corrected chi connectivity index (χ1v) is 5.01. The number of oxime groups is 1. The molecule has 0 aromatic heterocycles. The lowest BCUT2D eigenvalue weighted by Crippen LogP contribution is -2.19. The second kappa shape index (κ2) is 4.32. The summed E-state index contributed by atoms with van der Waals surface area (Å²) in [6.45, 7) is 0. The topological polar surface area (TPSA) is 58.9 Å². The monoisotopic (exact) mass is 259 g/mol. The van der Waals surface area contributed by atoms with Gasteiger partial charge in [0.05, 0.1) is 11.3 Å². The van der Waals surface area contributed by atoms with Crippen molar-refractivity contribution in [1.82, 2.24) is 0 Å². The maximum absolute atomic E-state index is 12.3. The number of carboxylic acid groups (broad SMARTS) is 1. The molecule has 1 aromatic rings. The maximum atomic E-state index is 12.3. The van der Waals surface area contributed by atoms with Crippen LogP contribution in [0.25, 0.3) is 0 Å². The average molecular weight is 259 g/mol. The highest BCUT2D eigenvalue weighted by Crippen LogP contribution is 2.29. The quantitative estimate of drug-likeness (QED) is 0.886. The lowest BCUT2D eigenvalue weighted by atomic mass is 10.0. The summed E-state index contributed by atoms with van der Waals surface area (Å²) in [5.41, 5.74) is -0.0107. The molecule has 0 saturated heterocycles. The molecule has 2 rings (SSSR count). The first-order valence-electron chi connectivity index (χ1n) is 5.01. The fourth-order valence-corrected chi connectivity index (χ4v) is 1.53. The van der Waals surface area contributed by atoms with E-state index in [1.54, 1.807) is 0 Å². The van der Waals surface area contributed by atoms with E-state index < -0.39 is 23.8 Å². The zero-order chi connectivity index (χ0) is 13.3. The molecule has 0 amide bonds. The minimum absolute atomic E-state index is 0.0424. The molecule has 1 N–H and O–H groups in total. The van der Waals surface area contributed by atoms with Gasteiger partial charge < -0.3 is 9.94 Å². The number of aliphatic carboxylic acids is 1. The van der Waals surface area contributed by atoms with Crippen molar-refractivity contribution in [2.24, 2.45) is 5.16 Å². The van der Waals surface area contributed by atoms with Crippen molar-refractivity contribution in [3.63, 3.8) is 0 Å². The number of nitrogens with zero attached hydrogens (tertiary/aromatic N) is 1. The van der Waals surface area contributed by atoms with Gasteiger partial charge in [-0.3, -0.25) is 0 Å². The number of halogens is 3. The Labute approximate surface area is 99.7 Å². The van der Waals surface area contributed by atoms with Gasteiger partial charge in [-0.05, 0) is 17.7 Å². The van der Waals surface area contributed by atoms with Crippen LogP contribution >= 0.6 is 0 Å². The molecule has 0 aliphatic carbocycles. The van der Waals surface area contributed by atoms with Gasteiger partial charge in [-0.25, -0.2) is 4.79 Å². The highest BCUT2D eigenvalue weighted by atomic mass is 19.4. The molecular weight excluding hydrogens is 251 g/mol. The average Bonchev–Trinajstić information content (AvgIpc) is 2.77. The van der Waals surface area contributed by atoms with Crippen LogP contribution in [0, 0.1) is 0 Å². The predicted octanol–water partition coefficient (Wildman–Crippen LogP) is 2.28. The van der Waals surface area contributed by atoms with Gasteiger partial charge in [-0.1, -0.05) is 17.3 Å². The Balaban J connectivity index is 2.15. The minimum atomic E-state index is -4.39. The van der Waals surface area contributed by atoms with Crippen molar-refractivity contribution >= 4 is 11.7 Å². The van der Waals surface area contributed by atoms with Crippen LogP contribution < -0.4 is 0 Å². The molecule has 4 nitrogen and oxygen atoms in total. The smallest absolute Gasteiger partial charge is 0.416 e. The van der Waals surface area contributed by atoms with Crippen molar-refractivity contribution < 1.29 is 27.9 Å². The molecule has 0 unspecified atom stereocenters. The molecule has 1 heterocycles. The summed E-state index contributed by atoms with van der Waals surface area (Å²) in [6, 6.07) is 4.34. The van der Waals surface area contributed by atoms with E-state index in [9.17, 15) is 18.0 Å². The summed E-state index contributed by atoms with van der Waals surface area (Å²) in [4.78, 5) is 15.3. The van der Waals surface area contributed by atoms with Crippen LogP contribution in [0.1, 0.15) is 17.5 Å². The second-order valence-electron chi connectivity index (χ2n) is 3.75. The standard InChI is InChI=1S/C11H8F3NO3/c12-11(13,14)7-3-1-6(2-4-7)8-5-9(10(16)17)18-15-8/h1-4,9H,5H2,(H,16,17)/t9-/m0/s1. The molecule has 18 heavy (non-hydrogen) atoms. The number of rotatable bonds is 2. The van der Waals surface area contributed by atoms with Crippen LogP contribution in [-0.4, -0.2) is 22.9 Å². The van der Waals surface area contributed by atoms with Gasteiger partial charge in [0.1, 0.15) is 0 Å². The summed E-state index contributed by atoms with van der Waals surface area (Å²) in [5.74, 6) is -1.15. The molecule has 0 radical (unpaired) electrons. The highest BCUT2D eigenvalue weighted by molar-refractivity contribution is 6.03. The highest BCUT2D eigenvalue weighted by Gasteiger charge is 2.31. The summed E-state index contributed by atoms with van der Waals surface area (Å²) < 4.78 is 37.0. The molecule has 1 aliphatic heterocycles. The molecular formula is C11H8F3NO3. The predicted molar refractivity (Wildman–Crippen MR) is 55.1 cm³/mol. The Kier molecular flexibility index (Phi) is 2.98. The molecule has 1 aliphatic rings. The minimum Gasteiger partial charge on any atom is -0.478 e. The van der Waals surface area contributed by atoms with Gasteiger partial charge in [-0.15, -0.1) is 0 Å². The zero-order valence-corrected chi connectivity index (χ0v) is 8.94. The summed E-state index contributed by atoms with van der Waals surface area (Å²) in [5, 5.41) is 12.2. The van der Waals surface area contributed by atoms with Crippen molar-refractivity contribution in [3.05, 3.63) is 35.4 Å². The third-order valence-electron chi connectivity index (χ3n) is 2.49. The van der Waals surface area contributed by atoms with E-state index in [0.717, 1.165) is 12.1 Å². The Morgan fingerprint density at radius 2 is 1.94 bits per heavy atom. The van der Waals surface area contributed by atoms with Crippen molar-refractivity contribution in [1.29, 1.82) is 0 Å². The van der Waals surface area contributed by atoms with E-state index in [1.807, 2.05) is 0 Å². The Bertz CT molecular complexity index is 493. The number of hydrogen-bond acceptors (Lipinski definition) is 3. The van der Waals surface area contributed by atoms with Gasteiger partial charge in [0.2, 0.25) is 6.10 Å². The maximum Gasteiger partial charge on any atom is 0.416 e. The Morgan fingerprint density at radius 1 is 1.33 bits per heavy atom. The Hall–Kier alpha value is -2.05.